The van der Waals surface area contributed by atoms with Crippen molar-refractivity contribution in [1.29, 1.82) is 0 Å². The number of amides is 1. The van der Waals surface area contributed by atoms with E-state index in [0.717, 1.165) is 44.6 Å². The van der Waals surface area contributed by atoms with E-state index in [4.69, 9.17) is 9.47 Å². The molecule has 0 radical (unpaired) electrons. The van der Waals surface area contributed by atoms with Gasteiger partial charge in [0.05, 0.1) is 12.3 Å². The van der Waals surface area contributed by atoms with Crippen LogP contribution in [0.2, 0.25) is 0 Å². The number of hydrogen-bond acceptors (Lipinski definition) is 4. The SMILES string of the molecule is CCCCCCCCCOc1ccccc1NC(=O)OC1CN2CCC1CC2.Cl. The Morgan fingerprint density at radius 3 is 2.45 bits per heavy atom. The third kappa shape index (κ3) is 7.71. The molecule has 0 aromatic heterocycles. The van der Waals surface area contributed by atoms with Crippen molar-refractivity contribution in [3.05, 3.63) is 24.3 Å². The molecule has 1 atom stereocenters. The van der Waals surface area contributed by atoms with Crippen molar-refractivity contribution in [2.45, 2.75) is 70.8 Å². The van der Waals surface area contributed by atoms with E-state index in [-0.39, 0.29) is 24.6 Å². The van der Waals surface area contributed by atoms with Crippen LogP contribution in [0.4, 0.5) is 10.5 Å². The molecule has 0 spiro atoms. The number of ether oxygens (including phenoxy) is 2. The Balaban J connectivity index is 0.00000300. The van der Waals surface area contributed by atoms with Gasteiger partial charge < -0.3 is 9.47 Å². The molecule has 0 saturated carbocycles. The highest BCUT2D eigenvalue weighted by Gasteiger charge is 2.36. The Labute approximate surface area is 181 Å². The van der Waals surface area contributed by atoms with Gasteiger partial charge in [0.15, 0.2) is 0 Å². The molecule has 1 N–H and O–H groups in total. The zero-order valence-electron chi connectivity index (χ0n) is 17.7. The molecule has 1 unspecified atom stereocenters. The van der Waals surface area contributed by atoms with Crippen molar-refractivity contribution in [1.82, 2.24) is 4.90 Å². The predicted molar refractivity (Wildman–Crippen MR) is 120 cm³/mol. The van der Waals surface area contributed by atoms with Crippen molar-refractivity contribution in [3.8, 4) is 5.75 Å². The largest absolute Gasteiger partial charge is 0.491 e. The van der Waals surface area contributed by atoms with Gasteiger partial charge in [0.25, 0.3) is 0 Å². The number of carbonyl (C=O) groups excluding carboxylic acids is 1. The number of benzene rings is 1. The number of nitrogens with one attached hydrogen (secondary N) is 1. The molecule has 1 aromatic rings. The molecule has 3 fully saturated rings. The van der Waals surface area contributed by atoms with Crippen molar-refractivity contribution in [2.24, 2.45) is 5.92 Å². The van der Waals surface area contributed by atoms with Gasteiger partial charge in [0.2, 0.25) is 0 Å². The molecule has 5 nitrogen and oxygen atoms in total. The number of rotatable bonds is 11. The van der Waals surface area contributed by atoms with E-state index in [9.17, 15) is 4.79 Å². The van der Waals surface area contributed by atoms with Crippen LogP contribution in [0, 0.1) is 5.92 Å². The summed E-state index contributed by atoms with van der Waals surface area (Å²) in [5.74, 6) is 1.24. The summed E-state index contributed by atoms with van der Waals surface area (Å²) >= 11 is 0. The second-order valence-electron chi connectivity index (χ2n) is 8.17. The van der Waals surface area contributed by atoms with E-state index in [0.29, 0.717) is 18.2 Å². The summed E-state index contributed by atoms with van der Waals surface area (Å²) in [6.07, 6.45) is 10.7. The van der Waals surface area contributed by atoms with Gasteiger partial charge >= 0.3 is 6.09 Å². The first kappa shape index (κ1) is 23.8. The maximum atomic E-state index is 12.4. The Bertz CT molecular complexity index is 606. The van der Waals surface area contributed by atoms with E-state index in [1.54, 1.807) is 0 Å². The molecule has 2 bridgehead atoms. The predicted octanol–water partition coefficient (Wildman–Crippen LogP) is 5.88. The van der Waals surface area contributed by atoms with Crippen molar-refractivity contribution < 1.29 is 14.3 Å². The summed E-state index contributed by atoms with van der Waals surface area (Å²) in [6.45, 7) is 6.07. The highest BCUT2D eigenvalue weighted by molar-refractivity contribution is 5.86. The van der Waals surface area contributed by atoms with E-state index in [1.807, 2.05) is 24.3 Å². The lowest BCUT2D eigenvalue weighted by molar-refractivity contribution is -0.0290. The lowest BCUT2D eigenvalue weighted by Crippen LogP contribution is -2.52. The van der Waals surface area contributed by atoms with Crippen LogP contribution >= 0.6 is 12.4 Å². The van der Waals surface area contributed by atoms with Crippen LogP contribution in [0.5, 0.6) is 5.75 Å². The number of nitrogens with zero attached hydrogens (tertiary/aromatic N) is 1. The zero-order chi connectivity index (χ0) is 19.6. The number of carbonyl (C=O) groups is 1. The molecule has 1 aromatic carbocycles. The van der Waals surface area contributed by atoms with Gasteiger partial charge in [-0.15, -0.1) is 12.4 Å². The van der Waals surface area contributed by atoms with Crippen LogP contribution < -0.4 is 10.1 Å². The molecule has 3 aliphatic rings. The average Bonchev–Trinajstić information content (AvgIpc) is 2.72. The molecule has 6 heteroatoms. The van der Waals surface area contributed by atoms with Crippen molar-refractivity contribution in [3.63, 3.8) is 0 Å². The van der Waals surface area contributed by atoms with Gasteiger partial charge in [0.1, 0.15) is 11.9 Å². The third-order valence-electron chi connectivity index (χ3n) is 5.98. The number of fused-ring (bicyclic) bond motifs is 3. The van der Waals surface area contributed by atoms with Crippen LogP contribution in [-0.2, 0) is 4.74 Å². The zero-order valence-corrected chi connectivity index (χ0v) is 18.6. The number of anilines is 1. The summed E-state index contributed by atoms with van der Waals surface area (Å²) in [7, 11) is 0. The molecule has 3 heterocycles. The molecule has 1 amide bonds. The molecule has 29 heavy (non-hydrogen) atoms. The summed E-state index contributed by atoms with van der Waals surface area (Å²) in [5.41, 5.74) is 0.691. The maximum Gasteiger partial charge on any atom is 0.412 e. The Morgan fingerprint density at radius 2 is 1.76 bits per heavy atom. The first-order valence-corrected chi connectivity index (χ1v) is 11.2. The molecule has 164 valence electrons. The van der Waals surface area contributed by atoms with E-state index >= 15 is 0 Å². The Kier molecular flexibility index (Phi) is 10.6. The van der Waals surface area contributed by atoms with Gasteiger partial charge in [-0.25, -0.2) is 4.79 Å². The quantitative estimate of drug-likeness (QED) is 0.450. The van der Waals surface area contributed by atoms with Crippen molar-refractivity contribution in [2.75, 3.05) is 31.6 Å². The molecule has 3 saturated heterocycles. The minimum absolute atomic E-state index is 0. The standard InChI is InChI=1S/C23H36N2O3.ClH/c1-2-3-4-5-6-7-10-17-27-21-12-9-8-11-20(21)24-23(26)28-22-18-25-15-13-19(22)14-16-25;/h8-9,11-12,19,22H,2-7,10,13-18H2,1H3,(H,24,26);1H. The van der Waals surface area contributed by atoms with Crippen LogP contribution in [0.15, 0.2) is 24.3 Å². The third-order valence-corrected chi connectivity index (χ3v) is 5.98. The van der Waals surface area contributed by atoms with E-state index < -0.39 is 0 Å². The highest BCUT2D eigenvalue weighted by atomic mass is 35.5. The van der Waals surface area contributed by atoms with Gasteiger partial charge in [-0.2, -0.15) is 0 Å². The van der Waals surface area contributed by atoms with Crippen LogP contribution in [0.1, 0.15) is 64.7 Å². The van der Waals surface area contributed by atoms with E-state index in [2.05, 4.69) is 17.1 Å². The van der Waals surface area contributed by atoms with Gasteiger partial charge in [-0.3, -0.25) is 10.2 Å². The summed E-state index contributed by atoms with van der Waals surface area (Å²) in [5, 5.41) is 2.89. The van der Waals surface area contributed by atoms with Crippen LogP contribution in [0.25, 0.3) is 0 Å². The van der Waals surface area contributed by atoms with Crippen LogP contribution in [0.3, 0.4) is 0 Å². The second-order valence-corrected chi connectivity index (χ2v) is 8.17. The maximum absolute atomic E-state index is 12.4. The summed E-state index contributed by atoms with van der Waals surface area (Å²) in [4.78, 5) is 14.8. The number of piperidine rings is 3. The number of halogens is 1. The normalized spacial score (nSPS) is 22.6. The summed E-state index contributed by atoms with van der Waals surface area (Å²) < 4.78 is 11.7. The minimum atomic E-state index is -0.370. The first-order chi connectivity index (χ1) is 13.8. The van der Waals surface area contributed by atoms with Gasteiger partial charge in [0, 0.05) is 6.54 Å². The lowest BCUT2D eigenvalue weighted by Gasteiger charge is -2.43. The number of para-hydroxylation sites is 2. The molecular weight excluding hydrogens is 388 g/mol. The first-order valence-electron chi connectivity index (χ1n) is 11.2. The second kappa shape index (κ2) is 13.0. The minimum Gasteiger partial charge on any atom is -0.491 e. The molecule has 0 aliphatic carbocycles. The Morgan fingerprint density at radius 1 is 1.07 bits per heavy atom. The summed E-state index contributed by atoms with van der Waals surface area (Å²) in [6, 6.07) is 7.62. The number of hydrogen-bond donors (Lipinski definition) is 1. The number of unbranched alkanes of at least 4 members (excludes halogenated alkanes) is 6. The lowest BCUT2D eigenvalue weighted by atomic mass is 9.86. The molecular formula is C23H37ClN2O3. The van der Waals surface area contributed by atoms with Crippen molar-refractivity contribution >= 4 is 24.2 Å². The fourth-order valence-corrected chi connectivity index (χ4v) is 4.26. The average molecular weight is 425 g/mol. The van der Waals surface area contributed by atoms with Gasteiger partial charge in [-0.1, -0.05) is 57.6 Å². The van der Waals surface area contributed by atoms with Crippen LogP contribution in [-0.4, -0.2) is 43.3 Å². The highest BCUT2D eigenvalue weighted by Crippen LogP contribution is 2.30. The molecule has 4 rings (SSSR count). The monoisotopic (exact) mass is 424 g/mol. The van der Waals surface area contributed by atoms with E-state index in [1.165, 1.54) is 38.5 Å². The fourth-order valence-electron chi connectivity index (χ4n) is 4.26. The smallest absolute Gasteiger partial charge is 0.412 e. The molecule has 3 aliphatic heterocycles. The van der Waals surface area contributed by atoms with Gasteiger partial charge in [-0.05, 0) is 50.4 Å². The fraction of sp³-hybridized carbons (Fsp3) is 0.696. The Hall–Kier alpha value is -1.46. The topological polar surface area (TPSA) is 50.8 Å².